The lowest BCUT2D eigenvalue weighted by molar-refractivity contribution is 0.102. The van der Waals surface area contributed by atoms with Crippen LogP contribution in [0.1, 0.15) is 15.9 Å². The van der Waals surface area contributed by atoms with E-state index < -0.39 is 0 Å². The first-order chi connectivity index (χ1) is 14.7. The Balaban J connectivity index is 1.46. The van der Waals surface area contributed by atoms with Crippen LogP contribution in [0.25, 0.3) is 5.69 Å². The Labute approximate surface area is 177 Å². The van der Waals surface area contributed by atoms with Crippen LogP contribution in [0.5, 0.6) is 5.88 Å². The fourth-order valence-electron chi connectivity index (χ4n) is 2.75. The maximum atomic E-state index is 12.7. The van der Waals surface area contributed by atoms with Gasteiger partial charge in [-0.1, -0.05) is 48.2 Å². The maximum Gasteiger partial charge on any atom is 0.255 e. The molecule has 0 fully saturated rings. The van der Waals surface area contributed by atoms with E-state index in [1.807, 2.05) is 54.8 Å². The number of carbonyl (C=O) groups is 1. The Bertz CT molecular complexity index is 1150. The quantitative estimate of drug-likeness (QED) is 0.458. The van der Waals surface area contributed by atoms with Gasteiger partial charge in [-0.3, -0.25) is 4.79 Å². The maximum absolute atomic E-state index is 12.7. The zero-order valence-corrected chi connectivity index (χ0v) is 16.9. The number of amides is 1. The number of pyridine rings is 1. The van der Waals surface area contributed by atoms with Gasteiger partial charge in [-0.25, -0.2) is 4.98 Å². The van der Waals surface area contributed by atoms with Gasteiger partial charge in [-0.2, -0.15) is 4.68 Å². The topological polar surface area (TPSA) is 94.8 Å². The first-order valence-corrected chi connectivity index (χ1v) is 10.3. The molecule has 0 spiro atoms. The van der Waals surface area contributed by atoms with Crippen molar-refractivity contribution in [2.75, 3.05) is 11.6 Å². The smallest absolute Gasteiger partial charge is 0.255 e. The van der Waals surface area contributed by atoms with Gasteiger partial charge in [0.2, 0.25) is 11.0 Å². The predicted octanol–water partition coefficient (Wildman–Crippen LogP) is 3.61. The molecule has 0 aliphatic carbocycles. The highest BCUT2D eigenvalue weighted by Crippen LogP contribution is 2.20. The van der Waals surface area contributed by atoms with E-state index in [1.54, 1.807) is 29.1 Å². The Morgan fingerprint density at radius 2 is 1.97 bits per heavy atom. The molecule has 0 unspecified atom stereocenters. The lowest BCUT2D eigenvalue weighted by Crippen LogP contribution is -2.13. The molecule has 30 heavy (non-hydrogen) atoms. The molecule has 0 saturated heterocycles. The molecule has 8 nitrogen and oxygen atoms in total. The molecule has 4 rings (SSSR count). The minimum absolute atomic E-state index is 0.263. The third-order valence-electron chi connectivity index (χ3n) is 4.20. The Kier molecular flexibility index (Phi) is 6.00. The number of tetrazole rings is 1. The van der Waals surface area contributed by atoms with Crippen molar-refractivity contribution in [1.29, 1.82) is 0 Å². The normalized spacial score (nSPS) is 10.6. The number of hydrogen-bond donors (Lipinski definition) is 1. The minimum Gasteiger partial charge on any atom is -0.473 e. The number of benzene rings is 2. The largest absolute Gasteiger partial charge is 0.473 e. The summed E-state index contributed by atoms with van der Waals surface area (Å²) in [5, 5.41) is 15.2. The summed E-state index contributed by atoms with van der Waals surface area (Å²) >= 11 is 1.44. The van der Waals surface area contributed by atoms with E-state index in [4.69, 9.17) is 4.74 Å². The summed E-state index contributed by atoms with van der Waals surface area (Å²) in [6.45, 7) is 0.380. The van der Waals surface area contributed by atoms with E-state index in [2.05, 4.69) is 25.8 Å². The number of thioether (sulfide) groups is 1. The molecule has 0 atom stereocenters. The van der Waals surface area contributed by atoms with Crippen LogP contribution in [0.15, 0.2) is 78.1 Å². The zero-order chi connectivity index (χ0) is 20.8. The Morgan fingerprint density at radius 3 is 2.80 bits per heavy atom. The van der Waals surface area contributed by atoms with Gasteiger partial charge in [0.15, 0.2) is 0 Å². The number of nitrogens with zero attached hydrogens (tertiary/aromatic N) is 5. The molecule has 9 heteroatoms. The molecule has 0 saturated carbocycles. The zero-order valence-electron chi connectivity index (χ0n) is 16.1. The Morgan fingerprint density at radius 1 is 1.10 bits per heavy atom. The van der Waals surface area contributed by atoms with Crippen LogP contribution < -0.4 is 10.1 Å². The number of carbonyl (C=O) groups excluding carboxylic acids is 1. The van der Waals surface area contributed by atoms with Crippen LogP contribution in [0.4, 0.5) is 5.69 Å². The number of anilines is 1. The van der Waals surface area contributed by atoms with Crippen molar-refractivity contribution in [1.82, 2.24) is 25.2 Å². The lowest BCUT2D eigenvalue weighted by atomic mass is 10.2. The summed E-state index contributed by atoms with van der Waals surface area (Å²) in [6, 6.07) is 20.3. The summed E-state index contributed by atoms with van der Waals surface area (Å²) < 4.78 is 7.32. The molecule has 2 heterocycles. The first-order valence-electron chi connectivity index (χ1n) is 9.10. The van der Waals surface area contributed by atoms with Crippen molar-refractivity contribution in [3.63, 3.8) is 0 Å². The summed E-state index contributed by atoms with van der Waals surface area (Å²) in [6.07, 6.45) is 3.45. The van der Waals surface area contributed by atoms with Crippen LogP contribution in [0.3, 0.4) is 0 Å². The third kappa shape index (κ3) is 4.64. The summed E-state index contributed by atoms with van der Waals surface area (Å²) in [4.78, 5) is 16.9. The molecule has 2 aromatic carbocycles. The minimum atomic E-state index is -0.263. The van der Waals surface area contributed by atoms with Gasteiger partial charge in [0.1, 0.15) is 6.61 Å². The molecule has 150 valence electrons. The molecule has 1 amide bonds. The SMILES string of the molecule is CSc1nnnn1-c1cccc(NC(=O)c2ccnc(OCc3ccccc3)c2)c1. The monoisotopic (exact) mass is 418 g/mol. The van der Waals surface area contributed by atoms with Crippen molar-refractivity contribution in [2.45, 2.75) is 11.8 Å². The molecular formula is C21H18N6O2S. The van der Waals surface area contributed by atoms with E-state index in [1.165, 1.54) is 11.8 Å². The average molecular weight is 418 g/mol. The van der Waals surface area contributed by atoms with Gasteiger partial charge in [-0.15, -0.1) is 5.10 Å². The van der Waals surface area contributed by atoms with Crippen molar-refractivity contribution < 1.29 is 9.53 Å². The predicted molar refractivity (Wildman–Crippen MR) is 114 cm³/mol. The second-order valence-electron chi connectivity index (χ2n) is 6.24. The van der Waals surface area contributed by atoms with Crippen LogP contribution >= 0.6 is 11.8 Å². The average Bonchev–Trinajstić information content (AvgIpc) is 3.28. The molecule has 2 aromatic heterocycles. The standard InChI is InChI=1S/C21H18N6O2S/c1-30-21-24-25-26-27(21)18-9-5-8-17(13-18)23-20(28)16-10-11-22-19(12-16)29-14-15-6-3-2-4-7-15/h2-13H,14H2,1H3,(H,23,28). The number of ether oxygens (including phenoxy) is 1. The van der Waals surface area contributed by atoms with Crippen molar-refractivity contribution in [3.8, 4) is 11.6 Å². The molecule has 0 aliphatic heterocycles. The highest BCUT2D eigenvalue weighted by atomic mass is 32.2. The van der Waals surface area contributed by atoms with Crippen LogP contribution in [-0.2, 0) is 6.61 Å². The Hall–Kier alpha value is -3.72. The molecular weight excluding hydrogens is 400 g/mol. The summed E-state index contributed by atoms with van der Waals surface area (Å²) in [5.41, 5.74) is 2.86. The van der Waals surface area contributed by atoms with E-state index in [0.717, 1.165) is 11.3 Å². The van der Waals surface area contributed by atoms with Gasteiger partial charge in [-0.05, 0) is 46.5 Å². The highest BCUT2D eigenvalue weighted by molar-refractivity contribution is 7.98. The van der Waals surface area contributed by atoms with Gasteiger partial charge in [0.05, 0.1) is 5.69 Å². The second-order valence-corrected chi connectivity index (χ2v) is 7.01. The van der Waals surface area contributed by atoms with Crippen molar-refractivity contribution in [2.24, 2.45) is 0 Å². The third-order valence-corrected chi connectivity index (χ3v) is 4.82. The number of nitrogens with one attached hydrogen (secondary N) is 1. The van der Waals surface area contributed by atoms with Crippen LogP contribution in [0.2, 0.25) is 0 Å². The van der Waals surface area contributed by atoms with E-state index >= 15 is 0 Å². The van der Waals surface area contributed by atoms with Gasteiger partial charge in [0, 0.05) is 23.5 Å². The number of rotatable bonds is 7. The van der Waals surface area contributed by atoms with Crippen LogP contribution in [-0.4, -0.2) is 37.4 Å². The fraction of sp³-hybridized carbons (Fsp3) is 0.0952. The molecule has 0 bridgehead atoms. The number of hydrogen-bond acceptors (Lipinski definition) is 7. The second kappa shape index (κ2) is 9.19. The van der Waals surface area contributed by atoms with Crippen molar-refractivity contribution >= 4 is 23.4 Å². The summed E-state index contributed by atoms with van der Waals surface area (Å²) in [7, 11) is 0. The van der Waals surface area contributed by atoms with Gasteiger partial charge >= 0.3 is 0 Å². The molecule has 4 aromatic rings. The van der Waals surface area contributed by atoms with Crippen LogP contribution in [0, 0.1) is 0 Å². The van der Waals surface area contributed by atoms with Gasteiger partial charge in [0.25, 0.3) is 5.91 Å². The van der Waals surface area contributed by atoms with E-state index in [0.29, 0.717) is 28.9 Å². The molecule has 0 aliphatic rings. The number of aromatic nitrogens is 5. The first kappa shape index (κ1) is 19.6. The molecule has 1 N–H and O–H groups in total. The highest BCUT2D eigenvalue weighted by Gasteiger charge is 2.11. The van der Waals surface area contributed by atoms with E-state index in [9.17, 15) is 4.79 Å². The lowest BCUT2D eigenvalue weighted by Gasteiger charge is -2.09. The fourth-order valence-corrected chi connectivity index (χ4v) is 3.18. The van der Waals surface area contributed by atoms with Crippen molar-refractivity contribution in [3.05, 3.63) is 84.1 Å². The molecule has 0 radical (unpaired) electrons. The summed E-state index contributed by atoms with van der Waals surface area (Å²) in [5.74, 6) is 0.125. The van der Waals surface area contributed by atoms with Gasteiger partial charge < -0.3 is 10.1 Å². The van der Waals surface area contributed by atoms with E-state index in [-0.39, 0.29) is 5.91 Å².